The Morgan fingerprint density at radius 3 is 2.25 bits per heavy atom. The van der Waals surface area contributed by atoms with Crippen molar-refractivity contribution in [2.45, 2.75) is 20.8 Å². The molecule has 1 aromatic heterocycles. The van der Waals surface area contributed by atoms with Gasteiger partial charge in [-0.1, -0.05) is 29.8 Å². The van der Waals surface area contributed by atoms with Gasteiger partial charge in [-0.3, -0.25) is 9.69 Å². The Hall–Kier alpha value is -3.57. The molecular formula is C26H23ClN2O3. The SMILES string of the molecule is COC(=O)C1=C(C)N(c2ccccc2)C(=O)/C1=C\c1cc(C)n(-c2ccc(Cl)cc2)c1C. The molecule has 0 N–H and O–H groups in total. The molecule has 0 spiro atoms. The zero-order valence-electron chi connectivity index (χ0n) is 18.3. The summed E-state index contributed by atoms with van der Waals surface area (Å²) in [7, 11) is 1.32. The van der Waals surface area contributed by atoms with Crippen LogP contribution in [0.2, 0.25) is 5.02 Å². The zero-order valence-corrected chi connectivity index (χ0v) is 19.1. The van der Waals surface area contributed by atoms with Crippen molar-refractivity contribution in [3.05, 3.63) is 99.5 Å². The van der Waals surface area contributed by atoms with Gasteiger partial charge in [-0.15, -0.1) is 0 Å². The van der Waals surface area contributed by atoms with Crippen molar-refractivity contribution in [1.29, 1.82) is 0 Å². The summed E-state index contributed by atoms with van der Waals surface area (Å²) in [4.78, 5) is 27.6. The number of aryl methyl sites for hydroxylation is 1. The molecule has 3 aromatic rings. The summed E-state index contributed by atoms with van der Waals surface area (Å²) in [6.07, 6.45) is 1.77. The number of carbonyl (C=O) groups is 2. The number of hydrogen-bond acceptors (Lipinski definition) is 3. The van der Waals surface area contributed by atoms with E-state index in [1.165, 1.54) is 7.11 Å². The monoisotopic (exact) mass is 446 g/mol. The van der Waals surface area contributed by atoms with Gasteiger partial charge in [0.25, 0.3) is 5.91 Å². The molecule has 0 saturated carbocycles. The van der Waals surface area contributed by atoms with Crippen molar-refractivity contribution in [1.82, 2.24) is 4.57 Å². The van der Waals surface area contributed by atoms with E-state index in [2.05, 4.69) is 4.57 Å². The number of benzene rings is 2. The number of esters is 1. The van der Waals surface area contributed by atoms with Gasteiger partial charge in [0.15, 0.2) is 0 Å². The molecular weight excluding hydrogens is 424 g/mol. The topological polar surface area (TPSA) is 51.5 Å². The van der Waals surface area contributed by atoms with Crippen LogP contribution in [0.1, 0.15) is 23.9 Å². The first-order valence-electron chi connectivity index (χ1n) is 10.2. The van der Waals surface area contributed by atoms with Gasteiger partial charge in [-0.05, 0) is 74.9 Å². The van der Waals surface area contributed by atoms with Gasteiger partial charge in [0.2, 0.25) is 0 Å². The van der Waals surface area contributed by atoms with Gasteiger partial charge in [0.1, 0.15) is 0 Å². The maximum atomic E-state index is 13.4. The molecule has 0 radical (unpaired) electrons. The minimum atomic E-state index is -0.535. The maximum Gasteiger partial charge on any atom is 0.340 e. The lowest BCUT2D eigenvalue weighted by Crippen LogP contribution is -2.24. The number of halogens is 1. The standard InChI is InChI=1S/C26H23ClN2O3/c1-16-14-19(17(2)28(16)22-12-10-20(27)11-13-22)15-23-24(26(31)32-4)18(3)29(25(23)30)21-8-6-5-7-9-21/h5-15H,1-4H3/b23-15-. The number of nitrogens with zero attached hydrogens (tertiary/aromatic N) is 2. The molecule has 0 bridgehead atoms. The molecule has 1 aliphatic rings. The molecule has 0 fully saturated rings. The van der Waals surface area contributed by atoms with E-state index in [1.54, 1.807) is 17.9 Å². The maximum absolute atomic E-state index is 13.4. The molecule has 0 unspecified atom stereocenters. The molecule has 1 aliphatic heterocycles. The highest BCUT2D eigenvalue weighted by Crippen LogP contribution is 2.36. The van der Waals surface area contributed by atoms with Crippen molar-refractivity contribution in [2.75, 3.05) is 12.0 Å². The second-order valence-electron chi connectivity index (χ2n) is 7.62. The highest BCUT2D eigenvalue weighted by Gasteiger charge is 2.38. The van der Waals surface area contributed by atoms with E-state index in [9.17, 15) is 9.59 Å². The van der Waals surface area contributed by atoms with Gasteiger partial charge in [0.05, 0.1) is 18.3 Å². The van der Waals surface area contributed by atoms with E-state index in [0.29, 0.717) is 22.0 Å². The van der Waals surface area contributed by atoms with Crippen LogP contribution in [-0.4, -0.2) is 23.6 Å². The van der Waals surface area contributed by atoms with Crippen LogP contribution in [0.3, 0.4) is 0 Å². The Morgan fingerprint density at radius 1 is 0.969 bits per heavy atom. The number of aromatic nitrogens is 1. The molecule has 2 aromatic carbocycles. The van der Waals surface area contributed by atoms with Crippen molar-refractivity contribution in [2.24, 2.45) is 0 Å². The number of hydrogen-bond donors (Lipinski definition) is 0. The van der Waals surface area contributed by atoms with Gasteiger partial charge < -0.3 is 9.30 Å². The molecule has 4 rings (SSSR count). The van der Waals surface area contributed by atoms with Gasteiger partial charge in [-0.2, -0.15) is 0 Å². The van der Waals surface area contributed by atoms with Crippen LogP contribution in [0.15, 0.2) is 77.5 Å². The lowest BCUT2D eigenvalue weighted by Gasteiger charge is -2.17. The number of ether oxygens (including phenoxy) is 1. The second-order valence-corrected chi connectivity index (χ2v) is 8.06. The fraction of sp³-hybridized carbons (Fsp3) is 0.154. The summed E-state index contributed by atoms with van der Waals surface area (Å²) in [5, 5.41) is 0.666. The molecule has 2 heterocycles. The molecule has 32 heavy (non-hydrogen) atoms. The van der Waals surface area contributed by atoms with Crippen LogP contribution < -0.4 is 4.90 Å². The molecule has 1 amide bonds. The highest BCUT2D eigenvalue weighted by molar-refractivity contribution is 6.30. The van der Waals surface area contributed by atoms with E-state index < -0.39 is 5.97 Å². The Kier molecular flexibility index (Phi) is 5.76. The second kappa shape index (κ2) is 8.52. The van der Waals surface area contributed by atoms with Gasteiger partial charge in [-0.25, -0.2) is 4.79 Å². The largest absolute Gasteiger partial charge is 0.465 e. The van der Waals surface area contributed by atoms with E-state index in [1.807, 2.05) is 74.5 Å². The predicted molar refractivity (Wildman–Crippen MR) is 127 cm³/mol. The van der Waals surface area contributed by atoms with Crippen LogP contribution in [0.25, 0.3) is 11.8 Å². The fourth-order valence-electron chi connectivity index (χ4n) is 4.14. The number of anilines is 1. The van der Waals surface area contributed by atoms with Crippen molar-refractivity contribution in [3.63, 3.8) is 0 Å². The third kappa shape index (κ3) is 3.65. The minimum Gasteiger partial charge on any atom is -0.465 e. The summed E-state index contributed by atoms with van der Waals surface area (Å²) in [6, 6.07) is 18.8. The number of carbonyl (C=O) groups excluding carboxylic acids is 2. The summed E-state index contributed by atoms with van der Waals surface area (Å²) in [6.45, 7) is 5.74. The Morgan fingerprint density at radius 2 is 1.62 bits per heavy atom. The number of amides is 1. The molecule has 0 aliphatic carbocycles. The van der Waals surface area contributed by atoms with E-state index >= 15 is 0 Å². The lowest BCUT2D eigenvalue weighted by atomic mass is 10.0. The van der Waals surface area contributed by atoms with Crippen molar-refractivity contribution in [3.8, 4) is 5.69 Å². The Bertz CT molecular complexity index is 1270. The molecule has 6 heteroatoms. The zero-order chi connectivity index (χ0) is 23.0. The molecule has 0 atom stereocenters. The van der Waals surface area contributed by atoms with Crippen LogP contribution in [0.4, 0.5) is 5.69 Å². The Labute approximate surface area is 192 Å². The third-order valence-electron chi connectivity index (χ3n) is 5.66. The average Bonchev–Trinajstić information content (AvgIpc) is 3.20. The normalized spacial score (nSPS) is 15.1. The molecule has 162 valence electrons. The fourth-order valence-corrected chi connectivity index (χ4v) is 4.27. The third-order valence-corrected chi connectivity index (χ3v) is 5.91. The summed E-state index contributed by atoms with van der Waals surface area (Å²) < 4.78 is 7.10. The predicted octanol–water partition coefficient (Wildman–Crippen LogP) is 5.62. The van der Waals surface area contributed by atoms with Crippen LogP contribution >= 0.6 is 11.6 Å². The van der Waals surface area contributed by atoms with Crippen LogP contribution in [-0.2, 0) is 14.3 Å². The lowest BCUT2D eigenvalue weighted by molar-refractivity contribution is -0.136. The van der Waals surface area contributed by atoms with Crippen LogP contribution in [0, 0.1) is 13.8 Å². The van der Waals surface area contributed by atoms with E-state index in [4.69, 9.17) is 16.3 Å². The Balaban J connectivity index is 1.84. The number of para-hydroxylation sites is 1. The summed E-state index contributed by atoms with van der Waals surface area (Å²) >= 11 is 6.04. The molecule has 5 nitrogen and oxygen atoms in total. The molecule has 0 saturated heterocycles. The first-order chi connectivity index (χ1) is 15.3. The highest BCUT2D eigenvalue weighted by atomic mass is 35.5. The average molecular weight is 447 g/mol. The number of allylic oxidation sites excluding steroid dienone is 1. The van der Waals surface area contributed by atoms with E-state index in [0.717, 1.165) is 22.6 Å². The van der Waals surface area contributed by atoms with Gasteiger partial charge in [0, 0.05) is 33.5 Å². The minimum absolute atomic E-state index is 0.259. The van der Waals surface area contributed by atoms with Gasteiger partial charge >= 0.3 is 5.97 Å². The van der Waals surface area contributed by atoms with Crippen molar-refractivity contribution < 1.29 is 14.3 Å². The smallest absolute Gasteiger partial charge is 0.340 e. The van der Waals surface area contributed by atoms with E-state index in [-0.39, 0.29) is 11.5 Å². The first kappa shape index (κ1) is 21.7. The summed E-state index contributed by atoms with van der Waals surface area (Å²) in [5.41, 5.74) is 5.61. The quantitative estimate of drug-likeness (QED) is 0.386. The van der Waals surface area contributed by atoms with Crippen LogP contribution in [0.5, 0.6) is 0 Å². The summed E-state index contributed by atoms with van der Waals surface area (Å²) in [5.74, 6) is -0.794. The number of rotatable bonds is 4. The number of methoxy groups -OCH3 is 1. The van der Waals surface area contributed by atoms with Crippen molar-refractivity contribution >= 4 is 35.2 Å². The first-order valence-corrected chi connectivity index (χ1v) is 10.6.